The van der Waals surface area contributed by atoms with Crippen LogP contribution >= 0.6 is 0 Å². The van der Waals surface area contributed by atoms with E-state index in [9.17, 15) is 8.42 Å². The predicted octanol–water partition coefficient (Wildman–Crippen LogP) is 4.11. The van der Waals surface area contributed by atoms with E-state index in [2.05, 4.69) is 33.8 Å². The van der Waals surface area contributed by atoms with Crippen LogP contribution in [0.15, 0.2) is 57.9 Å². The van der Waals surface area contributed by atoms with Crippen molar-refractivity contribution in [3.63, 3.8) is 0 Å². The number of benzene rings is 2. The first-order valence-electron chi connectivity index (χ1n) is 14.5. The molecule has 5 rings (SSSR count). The largest absolute Gasteiger partial charge is 0.493 e. The maximum Gasteiger partial charge on any atom is 0.324 e. The van der Waals surface area contributed by atoms with E-state index in [1.165, 1.54) is 4.31 Å². The van der Waals surface area contributed by atoms with Gasteiger partial charge in [0.05, 0.1) is 24.7 Å². The molecule has 0 atom stereocenters. The SMILES string of the molecule is CC(C)c1noc(N2CCC(COc3ccc(-c4ccc(S(=O)(=O)N(C)CCN5CCOCC5)cc4)cc3)CC2)n1. The third kappa shape index (κ3) is 7.45. The fraction of sp³-hybridized carbons (Fsp3) is 0.533. The number of morpholine rings is 1. The van der Waals surface area contributed by atoms with Crippen LogP contribution in [0, 0.1) is 5.92 Å². The van der Waals surface area contributed by atoms with Gasteiger partial charge in [-0.15, -0.1) is 0 Å². The van der Waals surface area contributed by atoms with E-state index >= 15 is 0 Å². The lowest BCUT2D eigenvalue weighted by Gasteiger charge is -2.30. The Hall–Kier alpha value is -2.99. The van der Waals surface area contributed by atoms with Crippen molar-refractivity contribution in [2.45, 2.75) is 37.5 Å². The Morgan fingerprint density at radius 1 is 0.976 bits per heavy atom. The lowest BCUT2D eigenvalue weighted by molar-refractivity contribution is 0.0368. The number of rotatable bonds is 11. The first-order valence-corrected chi connectivity index (χ1v) is 15.9. The van der Waals surface area contributed by atoms with Gasteiger partial charge in [-0.25, -0.2) is 8.42 Å². The van der Waals surface area contributed by atoms with Crippen LogP contribution in [0.3, 0.4) is 0 Å². The van der Waals surface area contributed by atoms with Crippen LogP contribution in [0.1, 0.15) is 38.4 Å². The first kappa shape index (κ1) is 29.5. The van der Waals surface area contributed by atoms with Gasteiger partial charge in [-0.1, -0.05) is 43.3 Å². The lowest BCUT2D eigenvalue weighted by Crippen LogP contribution is -2.41. The minimum atomic E-state index is -3.54. The number of anilines is 1. The molecule has 0 saturated carbocycles. The summed E-state index contributed by atoms with van der Waals surface area (Å²) in [6, 6.07) is 15.7. The van der Waals surface area contributed by atoms with Gasteiger partial charge < -0.3 is 18.9 Å². The van der Waals surface area contributed by atoms with Gasteiger partial charge >= 0.3 is 6.01 Å². The fourth-order valence-electron chi connectivity index (χ4n) is 5.06. The van der Waals surface area contributed by atoms with Gasteiger partial charge in [0, 0.05) is 52.2 Å². The van der Waals surface area contributed by atoms with Crippen molar-refractivity contribution in [1.82, 2.24) is 19.3 Å². The molecule has 2 aliphatic rings. The monoisotopic (exact) mass is 583 g/mol. The highest BCUT2D eigenvalue weighted by molar-refractivity contribution is 7.89. The number of hydrogen-bond donors (Lipinski definition) is 0. The van der Waals surface area contributed by atoms with Gasteiger partial charge in [-0.2, -0.15) is 9.29 Å². The molecule has 2 aromatic carbocycles. The summed E-state index contributed by atoms with van der Waals surface area (Å²) in [6.07, 6.45) is 2.02. The molecule has 2 fully saturated rings. The summed E-state index contributed by atoms with van der Waals surface area (Å²) in [5.74, 6) is 2.30. The topological polar surface area (TPSA) is 101 Å². The maximum atomic E-state index is 13.1. The average Bonchev–Trinajstić information content (AvgIpc) is 3.51. The van der Waals surface area contributed by atoms with Crippen molar-refractivity contribution in [2.75, 3.05) is 71.0 Å². The number of sulfonamides is 1. The molecule has 41 heavy (non-hydrogen) atoms. The Bertz CT molecular complexity index is 1350. The zero-order valence-electron chi connectivity index (χ0n) is 24.2. The molecule has 222 valence electrons. The number of piperidine rings is 1. The van der Waals surface area contributed by atoms with Crippen molar-refractivity contribution < 1.29 is 22.4 Å². The molecule has 0 radical (unpaired) electrons. The smallest absolute Gasteiger partial charge is 0.324 e. The van der Waals surface area contributed by atoms with E-state index in [1.807, 2.05) is 36.4 Å². The van der Waals surface area contributed by atoms with Gasteiger partial charge in [0.25, 0.3) is 0 Å². The van der Waals surface area contributed by atoms with Gasteiger partial charge in [-0.3, -0.25) is 4.90 Å². The number of ether oxygens (including phenoxy) is 2. The van der Waals surface area contributed by atoms with Crippen LogP contribution in [0.4, 0.5) is 6.01 Å². The molecule has 0 N–H and O–H groups in total. The molecular weight excluding hydrogens is 542 g/mol. The molecule has 0 unspecified atom stereocenters. The first-order chi connectivity index (χ1) is 19.8. The molecule has 3 heterocycles. The summed E-state index contributed by atoms with van der Waals surface area (Å²) in [5.41, 5.74) is 1.97. The van der Waals surface area contributed by atoms with E-state index in [-0.39, 0.29) is 5.92 Å². The standard InChI is InChI=1S/C30H41N5O5S/c1-23(2)29-31-30(40-32-29)35-14-12-24(13-15-35)22-39-27-8-4-25(5-9-27)26-6-10-28(11-7-26)41(36,37)33(3)16-17-34-18-20-38-21-19-34/h4-11,23-24H,12-22H2,1-3H3. The van der Waals surface area contributed by atoms with Crippen molar-refractivity contribution in [3.8, 4) is 16.9 Å². The van der Waals surface area contributed by atoms with Crippen molar-refractivity contribution >= 4 is 16.0 Å². The van der Waals surface area contributed by atoms with E-state index in [0.29, 0.717) is 49.7 Å². The number of nitrogens with zero attached hydrogens (tertiary/aromatic N) is 5. The summed E-state index contributed by atoms with van der Waals surface area (Å²) < 4.78 is 44.5. The van der Waals surface area contributed by atoms with Crippen molar-refractivity contribution in [2.24, 2.45) is 5.92 Å². The van der Waals surface area contributed by atoms with E-state index in [1.54, 1.807) is 19.2 Å². The molecule has 0 aliphatic carbocycles. The molecule has 3 aromatic rings. The summed E-state index contributed by atoms with van der Waals surface area (Å²) in [4.78, 5) is 9.20. The molecule has 2 saturated heterocycles. The Kier molecular flexibility index (Phi) is 9.59. The number of likely N-dealkylation sites (N-methyl/N-ethyl adjacent to an activating group) is 1. The van der Waals surface area contributed by atoms with Gasteiger partial charge in [0.15, 0.2) is 5.82 Å². The molecule has 0 amide bonds. The van der Waals surface area contributed by atoms with E-state index < -0.39 is 10.0 Å². The van der Waals surface area contributed by atoms with Crippen LogP contribution in [-0.4, -0.2) is 93.9 Å². The van der Waals surface area contributed by atoms with Crippen LogP contribution in [-0.2, 0) is 14.8 Å². The molecule has 11 heteroatoms. The fourth-order valence-corrected chi connectivity index (χ4v) is 6.23. The Balaban J connectivity index is 1.09. The van der Waals surface area contributed by atoms with Crippen LogP contribution in [0.5, 0.6) is 5.75 Å². The number of aromatic nitrogens is 2. The molecule has 2 aliphatic heterocycles. The van der Waals surface area contributed by atoms with Crippen molar-refractivity contribution in [3.05, 3.63) is 54.4 Å². The summed E-state index contributed by atoms with van der Waals surface area (Å²) >= 11 is 0. The van der Waals surface area contributed by atoms with Crippen LogP contribution < -0.4 is 9.64 Å². The van der Waals surface area contributed by atoms with E-state index in [4.69, 9.17) is 14.0 Å². The molecule has 1 aromatic heterocycles. The van der Waals surface area contributed by atoms with Crippen LogP contribution in [0.2, 0.25) is 0 Å². The highest BCUT2D eigenvalue weighted by Crippen LogP contribution is 2.27. The zero-order chi connectivity index (χ0) is 28.8. The van der Waals surface area contributed by atoms with Crippen LogP contribution in [0.25, 0.3) is 11.1 Å². The van der Waals surface area contributed by atoms with Gasteiger partial charge in [-0.05, 0) is 54.2 Å². The third-order valence-electron chi connectivity index (χ3n) is 7.90. The quantitative estimate of drug-likeness (QED) is 0.330. The number of hydrogen-bond acceptors (Lipinski definition) is 9. The normalized spacial score (nSPS) is 17.4. The molecular formula is C30H41N5O5S. The second kappa shape index (κ2) is 13.3. The summed E-state index contributed by atoms with van der Waals surface area (Å²) in [7, 11) is -1.90. The minimum Gasteiger partial charge on any atom is -0.493 e. The second-order valence-corrected chi connectivity index (χ2v) is 13.2. The molecule has 0 spiro atoms. The average molecular weight is 584 g/mol. The molecule has 10 nitrogen and oxygen atoms in total. The van der Waals surface area contributed by atoms with E-state index in [0.717, 1.165) is 61.7 Å². The highest BCUT2D eigenvalue weighted by Gasteiger charge is 2.24. The Morgan fingerprint density at radius 2 is 1.61 bits per heavy atom. The van der Waals surface area contributed by atoms with Gasteiger partial charge in [0.2, 0.25) is 10.0 Å². The summed E-state index contributed by atoms with van der Waals surface area (Å²) in [5, 5.41) is 4.07. The highest BCUT2D eigenvalue weighted by atomic mass is 32.2. The molecule has 0 bridgehead atoms. The second-order valence-electron chi connectivity index (χ2n) is 11.2. The Morgan fingerprint density at radius 3 is 2.22 bits per heavy atom. The minimum absolute atomic E-state index is 0.253. The maximum absolute atomic E-state index is 13.1. The Labute approximate surface area is 243 Å². The predicted molar refractivity (Wildman–Crippen MR) is 158 cm³/mol. The van der Waals surface area contributed by atoms with Crippen molar-refractivity contribution in [1.29, 1.82) is 0 Å². The zero-order valence-corrected chi connectivity index (χ0v) is 25.1. The van der Waals surface area contributed by atoms with Gasteiger partial charge in [0.1, 0.15) is 5.75 Å². The third-order valence-corrected chi connectivity index (χ3v) is 9.77. The summed E-state index contributed by atoms with van der Waals surface area (Å²) in [6.45, 7) is 10.8. The lowest BCUT2D eigenvalue weighted by atomic mass is 9.98.